The van der Waals surface area contributed by atoms with Gasteiger partial charge in [0.2, 0.25) is 5.95 Å². The van der Waals surface area contributed by atoms with Crippen molar-refractivity contribution < 1.29 is 4.79 Å². The molecule has 2 heterocycles. The maximum absolute atomic E-state index is 12.6. The van der Waals surface area contributed by atoms with Crippen molar-refractivity contribution in [3.8, 4) is 0 Å². The summed E-state index contributed by atoms with van der Waals surface area (Å²) < 4.78 is 0. The van der Waals surface area contributed by atoms with E-state index in [1.807, 2.05) is 19.1 Å². The molecular formula is C21H27N5O. The minimum atomic E-state index is -0.248. The molecule has 1 aromatic heterocycles. The first-order valence-corrected chi connectivity index (χ1v) is 9.42. The van der Waals surface area contributed by atoms with Crippen molar-refractivity contribution in [3.63, 3.8) is 0 Å². The molecule has 0 aliphatic carbocycles. The Balaban J connectivity index is 1.65. The number of carbonyl (C=O) groups is 1. The highest BCUT2D eigenvalue weighted by molar-refractivity contribution is 6.03. The highest BCUT2D eigenvalue weighted by Gasteiger charge is 2.16. The van der Waals surface area contributed by atoms with Crippen LogP contribution in [0, 0.1) is 12.8 Å². The van der Waals surface area contributed by atoms with Crippen molar-refractivity contribution in [2.45, 2.75) is 26.7 Å². The Morgan fingerprint density at radius 3 is 2.63 bits per heavy atom. The average molecular weight is 365 g/mol. The third-order valence-corrected chi connectivity index (χ3v) is 4.77. The second-order valence-corrected chi connectivity index (χ2v) is 7.06. The third-order valence-electron chi connectivity index (χ3n) is 4.77. The molecule has 1 saturated heterocycles. The smallest absolute Gasteiger partial charge is 0.274 e. The molecule has 1 aliphatic heterocycles. The van der Waals surface area contributed by atoms with Crippen LogP contribution in [0.1, 0.15) is 35.9 Å². The molecule has 3 rings (SSSR count). The third kappa shape index (κ3) is 5.06. The lowest BCUT2D eigenvalue weighted by atomic mass is 9.99. The largest absolute Gasteiger partial charge is 0.372 e. The Hall–Kier alpha value is -2.89. The molecule has 6 nitrogen and oxygen atoms in total. The van der Waals surface area contributed by atoms with Crippen LogP contribution in [0.4, 0.5) is 17.3 Å². The van der Waals surface area contributed by atoms with Crippen molar-refractivity contribution in [2.75, 3.05) is 35.2 Å². The lowest BCUT2D eigenvalue weighted by molar-refractivity contribution is 0.102. The summed E-state index contributed by atoms with van der Waals surface area (Å²) in [5.41, 5.74) is 3.03. The van der Waals surface area contributed by atoms with E-state index >= 15 is 0 Å². The fourth-order valence-electron chi connectivity index (χ4n) is 3.14. The number of rotatable bonds is 6. The summed E-state index contributed by atoms with van der Waals surface area (Å²) in [4.78, 5) is 23.5. The van der Waals surface area contributed by atoms with E-state index in [-0.39, 0.29) is 5.91 Å². The summed E-state index contributed by atoms with van der Waals surface area (Å²) in [5.74, 6) is 0.985. The predicted molar refractivity (Wildman–Crippen MR) is 110 cm³/mol. The van der Waals surface area contributed by atoms with Gasteiger partial charge in [-0.15, -0.1) is 6.58 Å². The second kappa shape index (κ2) is 8.66. The molecule has 1 fully saturated rings. The summed E-state index contributed by atoms with van der Waals surface area (Å²) in [6.45, 7) is 10.5. The zero-order valence-corrected chi connectivity index (χ0v) is 16.0. The van der Waals surface area contributed by atoms with E-state index in [1.165, 1.54) is 18.5 Å². The second-order valence-electron chi connectivity index (χ2n) is 7.06. The molecule has 0 saturated carbocycles. The first-order valence-electron chi connectivity index (χ1n) is 9.42. The summed E-state index contributed by atoms with van der Waals surface area (Å²) >= 11 is 0. The van der Waals surface area contributed by atoms with Gasteiger partial charge in [0.15, 0.2) is 0 Å². The number of carbonyl (C=O) groups excluding carboxylic acids is 1. The van der Waals surface area contributed by atoms with Crippen molar-refractivity contribution in [2.24, 2.45) is 5.92 Å². The molecule has 1 aliphatic rings. The molecule has 2 N–H and O–H groups in total. The Morgan fingerprint density at radius 1 is 1.26 bits per heavy atom. The zero-order chi connectivity index (χ0) is 19.2. The van der Waals surface area contributed by atoms with Gasteiger partial charge in [-0.05, 0) is 56.0 Å². The van der Waals surface area contributed by atoms with Crippen molar-refractivity contribution >= 4 is 23.2 Å². The van der Waals surface area contributed by atoms with Gasteiger partial charge in [0.1, 0.15) is 5.69 Å². The van der Waals surface area contributed by atoms with E-state index in [4.69, 9.17) is 0 Å². The maximum Gasteiger partial charge on any atom is 0.274 e. The molecule has 142 valence electrons. The molecular weight excluding hydrogens is 338 g/mol. The monoisotopic (exact) mass is 365 g/mol. The van der Waals surface area contributed by atoms with Crippen LogP contribution in [0.5, 0.6) is 0 Å². The van der Waals surface area contributed by atoms with Crippen molar-refractivity contribution in [1.29, 1.82) is 0 Å². The van der Waals surface area contributed by atoms with E-state index in [0.29, 0.717) is 18.2 Å². The number of aromatic nitrogens is 2. The topological polar surface area (TPSA) is 70.2 Å². The molecule has 27 heavy (non-hydrogen) atoms. The van der Waals surface area contributed by atoms with Crippen LogP contribution in [-0.4, -0.2) is 35.5 Å². The standard InChI is InChI=1S/C21H27N5O/c1-4-11-22-21-23-16(3)14-19(25-21)20(27)24-17-5-7-18(8-6-17)26-12-9-15(2)10-13-26/h4-8,14-15H,1,9-13H2,2-3H3,(H,24,27)(H,22,23,25). The van der Waals surface area contributed by atoms with Crippen LogP contribution in [0.2, 0.25) is 0 Å². The van der Waals surface area contributed by atoms with E-state index in [2.05, 4.69) is 51.1 Å². The van der Waals surface area contributed by atoms with Crippen LogP contribution < -0.4 is 15.5 Å². The molecule has 0 atom stereocenters. The molecule has 0 unspecified atom stereocenters. The van der Waals surface area contributed by atoms with Crippen LogP contribution >= 0.6 is 0 Å². The lowest BCUT2D eigenvalue weighted by Crippen LogP contribution is -2.32. The number of hydrogen-bond acceptors (Lipinski definition) is 5. The van der Waals surface area contributed by atoms with E-state index in [0.717, 1.165) is 30.4 Å². The number of aryl methyl sites for hydroxylation is 1. The number of nitrogens with zero attached hydrogens (tertiary/aromatic N) is 3. The van der Waals surface area contributed by atoms with Gasteiger partial charge in [-0.1, -0.05) is 13.0 Å². The van der Waals surface area contributed by atoms with Gasteiger partial charge in [0.25, 0.3) is 5.91 Å². The van der Waals surface area contributed by atoms with E-state index < -0.39 is 0 Å². The van der Waals surface area contributed by atoms with Gasteiger partial charge in [-0.2, -0.15) is 0 Å². The van der Waals surface area contributed by atoms with Gasteiger partial charge in [-0.3, -0.25) is 4.79 Å². The zero-order valence-electron chi connectivity index (χ0n) is 16.0. The van der Waals surface area contributed by atoms with E-state index in [9.17, 15) is 4.79 Å². The molecule has 2 aromatic rings. The number of anilines is 3. The first kappa shape index (κ1) is 18.9. The van der Waals surface area contributed by atoms with Gasteiger partial charge in [0, 0.05) is 36.7 Å². The minimum Gasteiger partial charge on any atom is -0.372 e. The van der Waals surface area contributed by atoms with Crippen molar-refractivity contribution in [3.05, 3.63) is 54.4 Å². The van der Waals surface area contributed by atoms with Crippen LogP contribution in [0.15, 0.2) is 43.0 Å². The lowest BCUT2D eigenvalue weighted by Gasteiger charge is -2.32. The molecule has 0 spiro atoms. The van der Waals surface area contributed by atoms with Gasteiger partial charge < -0.3 is 15.5 Å². The average Bonchev–Trinajstić information content (AvgIpc) is 2.67. The SMILES string of the molecule is C=CCNc1nc(C)cc(C(=O)Nc2ccc(N3CCC(C)CC3)cc2)n1. The summed E-state index contributed by atoms with van der Waals surface area (Å²) in [5, 5.41) is 5.93. The first-order chi connectivity index (χ1) is 13.0. The van der Waals surface area contributed by atoms with Gasteiger partial charge >= 0.3 is 0 Å². The summed E-state index contributed by atoms with van der Waals surface area (Å²) in [7, 11) is 0. The Morgan fingerprint density at radius 2 is 1.96 bits per heavy atom. The van der Waals surface area contributed by atoms with Gasteiger partial charge in [0.05, 0.1) is 0 Å². The number of piperidine rings is 1. The normalized spacial score (nSPS) is 14.7. The van der Waals surface area contributed by atoms with Crippen LogP contribution in [-0.2, 0) is 0 Å². The Bertz CT molecular complexity index is 795. The molecule has 0 radical (unpaired) electrons. The quantitative estimate of drug-likeness (QED) is 0.761. The molecule has 1 amide bonds. The highest BCUT2D eigenvalue weighted by atomic mass is 16.1. The fraction of sp³-hybridized carbons (Fsp3) is 0.381. The molecule has 6 heteroatoms. The van der Waals surface area contributed by atoms with Crippen molar-refractivity contribution in [1.82, 2.24) is 9.97 Å². The number of nitrogens with one attached hydrogen (secondary N) is 2. The fourth-order valence-corrected chi connectivity index (χ4v) is 3.14. The summed E-state index contributed by atoms with van der Waals surface area (Å²) in [6, 6.07) is 9.69. The molecule has 1 aromatic carbocycles. The maximum atomic E-state index is 12.6. The Labute approximate surface area is 160 Å². The highest BCUT2D eigenvalue weighted by Crippen LogP contribution is 2.24. The summed E-state index contributed by atoms with van der Waals surface area (Å²) in [6.07, 6.45) is 4.18. The van der Waals surface area contributed by atoms with Crippen LogP contribution in [0.25, 0.3) is 0 Å². The number of benzene rings is 1. The minimum absolute atomic E-state index is 0.248. The van der Waals surface area contributed by atoms with Gasteiger partial charge in [-0.25, -0.2) is 9.97 Å². The molecule has 0 bridgehead atoms. The number of hydrogen-bond donors (Lipinski definition) is 2. The van der Waals surface area contributed by atoms with Crippen LogP contribution in [0.3, 0.4) is 0 Å². The number of amides is 1. The Kier molecular flexibility index (Phi) is 6.06. The predicted octanol–water partition coefficient (Wildman–Crippen LogP) is 3.87. The van der Waals surface area contributed by atoms with E-state index in [1.54, 1.807) is 12.1 Å².